The van der Waals surface area contributed by atoms with E-state index >= 15 is 0 Å². The first-order valence-corrected chi connectivity index (χ1v) is 7.36. The lowest BCUT2D eigenvalue weighted by Crippen LogP contribution is -2.35. The number of nitrogens with zero attached hydrogens (tertiary/aromatic N) is 1. The van der Waals surface area contributed by atoms with Crippen LogP contribution < -0.4 is 5.32 Å². The molecule has 1 aromatic carbocycles. The minimum Gasteiger partial charge on any atom is -0.308 e. The average molecular weight is 271 g/mol. The molecule has 1 aromatic heterocycles. The third-order valence-corrected chi connectivity index (χ3v) is 3.31. The van der Waals surface area contributed by atoms with Gasteiger partial charge in [-0.2, -0.15) is 5.10 Å². The summed E-state index contributed by atoms with van der Waals surface area (Å²) in [7, 11) is 0. The Balaban J connectivity index is 2.14. The maximum absolute atomic E-state index is 4.19. The van der Waals surface area contributed by atoms with E-state index in [0.717, 1.165) is 18.7 Å². The van der Waals surface area contributed by atoms with E-state index in [1.807, 2.05) is 6.20 Å². The molecule has 0 saturated carbocycles. The van der Waals surface area contributed by atoms with Gasteiger partial charge in [-0.05, 0) is 38.3 Å². The highest BCUT2D eigenvalue weighted by molar-refractivity contribution is 5.62. The maximum atomic E-state index is 4.19. The van der Waals surface area contributed by atoms with Crippen LogP contribution in [0.2, 0.25) is 0 Å². The second-order valence-corrected chi connectivity index (χ2v) is 6.32. The van der Waals surface area contributed by atoms with Crippen molar-refractivity contribution >= 4 is 0 Å². The highest BCUT2D eigenvalue weighted by atomic mass is 15.1. The van der Waals surface area contributed by atoms with Gasteiger partial charge in [0.25, 0.3) is 0 Å². The Hall–Kier alpha value is -1.61. The summed E-state index contributed by atoms with van der Waals surface area (Å²) in [5, 5.41) is 10.8. The Morgan fingerprint density at radius 2 is 1.85 bits per heavy atom. The second kappa shape index (κ2) is 6.23. The Morgan fingerprint density at radius 3 is 2.45 bits per heavy atom. The van der Waals surface area contributed by atoms with Crippen molar-refractivity contribution in [2.75, 3.05) is 0 Å². The first kappa shape index (κ1) is 14.8. The molecule has 0 aliphatic carbocycles. The molecule has 2 rings (SSSR count). The van der Waals surface area contributed by atoms with E-state index in [1.165, 1.54) is 23.1 Å². The van der Waals surface area contributed by atoms with Crippen molar-refractivity contribution in [3.63, 3.8) is 0 Å². The lowest BCUT2D eigenvalue weighted by Gasteiger charge is -2.20. The van der Waals surface area contributed by atoms with Crippen LogP contribution in [0, 0.1) is 0 Å². The zero-order chi connectivity index (χ0) is 14.6. The molecule has 3 heteroatoms. The number of benzene rings is 1. The predicted octanol–water partition coefficient (Wildman–Crippen LogP) is 3.92. The van der Waals surface area contributed by atoms with Gasteiger partial charge in [0.05, 0.1) is 11.9 Å². The van der Waals surface area contributed by atoms with Crippen LogP contribution in [-0.2, 0) is 13.0 Å². The van der Waals surface area contributed by atoms with Crippen molar-refractivity contribution < 1.29 is 0 Å². The van der Waals surface area contributed by atoms with Crippen molar-refractivity contribution in [2.24, 2.45) is 0 Å². The number of nitrogens with one attached hydrogen (secondary N) is 2. The maximum Gasteiger partial charge on any atom is 0.0695 e. The molecule has 108 valence electrons. The normalized spacial score (nSPS) is 11.8. The van der Waals surface area contributed by atoms with Crippen LogP contribution in [-0.4, -0.2) is 15.7 Å². The number of hydrogen-bond donors (Lipinski definition) is 2. The van der Waals surface area contributed by atoms with Crippen molar-refractivity contribution in [2.45, 2.75) is 52.6 Å². The van der Waals surface area contributed by atoms with E-state index in [1.54, 1.807) is 0 Å². The van der Waals surface area contributed by atoms with Crippen molar-refractivity contribution in [3.05, 3.63) is 41.6 Å². The van der Waals surface area contributed by atoms with Gasteiger partial charge in [-0.1, -0.05) is 37.6 Å². The van der Waals surface area contributed by atoms with E-state index in [0.29, 0.717) is 0 Å². The lowest BCUT2D eigenvalue weighted by molar-refractivity contribution is 0.424. The molecular formula is C17H25N3. The number of aromatic amines is 1. The SMILES string of the molecule is CCCc1ccc(-c2[nH]ncc2CNC(C)(C)C)cc1. The highest BCUT2D eigenvalue weighted by Crippen LogP contribution is 2.22. The van der Waals surface area contributed by atoms with Crippen molar-refractivity contribution in [1.29, 1.82) is 0 Å². The topological polar surface area (TPSA) is 40.7 Å². The van der Waals surface area contributed by atoms with E-state index < -0.39 is 0 Å². The van der Waals surface area contributed by atoms with Gasteiger partial charge in [0, 0.05) is 17.6 Å². The fourth-order valence-electron chi connectivity index (χ4n) is 2.18. The van der Waals surface area contributed by atoms with Crippen LogP contribution in [0.4, 0.5) is 0 Å². The van der Waals surface area contributed by atoms with Gasteiger partial charge in [0.1, 0.15) is 0 Å². The van der Waals surface area contributed by atoms with Crippen LogP contribution in [0.5, 0.6) is 0 Å². The molecule has 20 heavy (non-hydrogen) atoms. The van der Waals surface area contributed by atoms with Gasteiger partial charge < -0.3 is 5.32 Å². The Kier molecular flexibility index (Phi) is 4.61. The number of hydrogen-bond acceptors (Lipinski definition) is 2. The molecule has 3 nitrogen and oxygen atoms in total. The third-order valence-electron chi connectivity index (χ3n) is 3.31. The summed E-state index contributed by atoms with van der Waals surface area (Å²) >= 11 is 0. The monoisotopic (exact) mass is 271 g/mol. The first-order chi connectivity index (χ1) is 9.49. The van der Waals surface area contributed by atoms with Gasteiger partial charge in [0.15, 0.2) is 0 Å². The third kappa shape index (κ3) is 3.94. The van der Waals surface area contributed by atoms with E-state index in [2.05, 4.69) is 67.5 Å². The largest absolute Gasteiger partial charge is 0.308 e. The fraction of sp³-hybridized carbons (Fsp3) is 0.471. The average Bonchev–Trinajstić information content (AvgIpc) is 2.85. The molecule has 0 aliphatic rings. The van der Waals surface area contributed by atoms with Crippen LogP contribution in [0.1, 0.15) is 45.2 Å². The van der Waals surface area contributed by atoms with Gasteiger partial charge in [-0.3, -0.25) is 5.10 Å². The van der Waals surface area contributed by atoms with Gasteiger partial charge in [-0.25, -0.2) is 0 Å². The minimum atomic E-state index is 0.111. The van der Waals surface area contributed by atoms with Crippen molar-refractivity contribution in [3.8, 4) is 11.3 Å². The molecule has 0 radical (unpaired) electrons. The fourth-order valence-corrected chi connectivity index (χ4v) is 2.18. The summed E-state index contributed by atoms with van der Waals surface area (Å²) in [5.41, 5.74) is 5.03. The van der Waals surface area contributed by atoms with Crippen LogP contribution in [0.3, 0.4) is 0 Å². The Labute approximate surface area is 121 Å². The van der Waals surface area contributed by atoms with Crippen molar-refractivity contribution in [1.82, 2.24) is 15.5 Å². The molecule has 0 amide bonds. The predicted molar refractivity (Wildman–Crippen MR) is 84.6 cm³/mol. The number of H-pyrrole nitrogens is 1. The Bertz CT molecular complexity index is 532. The zero-order valence-corrected chi connectivity index (χ0v) is 13.0. The zero-order valence-electron chi connectivity index (χ0n) is 13.0. The first-order valence-electron chi connectivity index (χ1n) is 7.36. The van der Waals surface area contributed by atoms with E-state index in [4.69, 9.17) is 0 Å². The highest BCUT2D eigenvalue weighted by Gasteiger charge is 2.12. The summed E-state index contributed by atoms with van der Waals surface area (Å²) in [6.07, 6.45) is 4.24. The smallest absolute Gasteiger partial charge is 0.0695 e. The van der Waals surface area contributed by atoms with Gasteiger partial charge in [0.2, 0.25) is 0 Å². The summed E-state index contributed by atoms with van der Waals surface area (Å²) in [6.45, 7) is 9.55. The molecule has 0 unspecified atom stereocenters. The molecule has 0 aliphatic heterocycles. The van der Waals surface area contributed by atoms with Gasteiger partial charge >= 0.3 is 0 Å². The quantitative estimate of drug-likeness (QED) is 0.865. The molecule has 0 spiro atoms. The van der Waals surface area contributed by atoms with Crippen LogP contribution in [0.25, 0.3) is 11.3 Å². The lowest BCUT2D eigenvalue weighted by atomic mass is 10.0. The molecular weight excluding hydrogens is 246 g/mol. The second-order valence-electron chi connectivity index (χ2n) is 6.32. The number of aryl methyl sites for hydroxylation is 1. The molecule has 0 fully saturated rings. The molecule has 0 bridgehead atoms. The Morgan fingerprint density at radius 1 is 1.15 bits per heavy atom. The molecule has 0 saturated heterocycles. The van der Waals surface area contributed by atoms with Crippen LogP contribution >= 0.6 is 0 Å². The van der Waals surface area contributed by atoms with Crippen LogP contribution in [0.15, 0.2) is 30.5 Å². The summed E-state index contributed by atoms with van der Waals surface area (Å²) in [6, 6.07) is 8.78. The number of aromatic nitrogens is 2. The minimum absolute atomic E-state index is 0.111. The standard InChI is InChI=1S/C17H25N3/c1-5-6-13-7-9-14(10-8-13)16-15(12-19-20-16)11-18-17(2,3)4/h7-10,12,18H,5-6,11H2,1-4H3,(H,19,20). The summed E-state index contributed by atoms with van der Waals surface area (Å²) in [5.74, 6) is 0. The van der Waals surface area contributed by atoms with E-state index in [-0.39, 0.29) is 5.54 Å². The number of rotatable bonds is 5. The van der Waals surface area contributed by atoms with Gasteiger partial charge in [-0.15, -0.1) is 0 Å². The molecule has 0 atom stereocenters. The summed E-state index contributed by atoms with van der Waals surface area (Å²) < 4.78 is 0. The molecule has 2 N–H and O–H groups in total. The molecule has 1 heterocycles. The summed E-state index contributed by atoms with van der Waals surface area (Å²) in [4.78, 5) is 0. The van der Waals surface area contributed by atoms with E-state index in [9.17, 15) is 0 Å². The molecule has 2 aromatic rings.